The quantitative estimate of drug-likeness (QED) is 0.122. The third-order valence-electron chi connectivity index (χ3n) is 6.98. The minimum absolute atomic E-state index is 0.246. The van der Waals surface area contributed by atoms with Gasteiger partial charge in [-0.3, -0.25) is 20.0 Å². The van der Waals surface area contributed by atoms with E-state index in [2.05, 4.69) is 15.7 Å². The number of hydrogen-bond donors (Lipinski definition) is 7. The van der Waals surface area contributed by atoms with Gasteiger partial charge in [-0.05, 0) is 40.5 Å². The molecule has 0 saturated heterocycles. The summed E-state index contributed by atoms with van der Waals surface area (Å²) in [5.41, 5.74) is -4.56. The van der Waals surface area contributed by atoms with E-state index >= 15 is 0 Å². The second-order valence-corrected chi connectivity index (χ2v) is 11.0. The Morgan fingerprint density at radius 1 is 0.755 bits per heavy atom. The molecule has 0 unspecified atom stereocenters. The molecule has 1 heterocycles. The van der Waals surface area contributed by atoms with E-state index in [-0.39, 0.29) is 11.1 Å². The molecular weight excluding hydrogens is 628 g/mol. The normalized spacial score (nSPS) is 21.2. The molecule has 0 aliphatic heterocycles. The molecule has 0 radical (unpaired) electrons. The summed E-state index contributed by atoms with van der Waals surface area (Å²) in [4.78, 5) is 57.0. The Bertz CT molecular complexity index is 2100. The van der Waals surface area contributed by atoms with Gasteiger partial charge < -0.3 is 31.3 Å². The van der Waals surface area contributed by atoms with Crippen molar-refractivity contribution in [3.05, 3.63) is 90.1 Å². The molecular formula is C36H48N6O7. The highest BCUT2D eigenvalue weighted by molar-refractivity contribution is 5.86. The number of carbonyl (C=O) groups is 4. The van der Waals surface area contributed by atoms with Gasteiger partial charge in [-0.15, -0.1) is 0 Å². The second-order valence-electron chi connectivity index (χ2n) is 11.0. The summed E-state index contributed by atoms with van der Waals surface area (Å²) in [5.74, 6) is -3.75. The molecule has 13 heteroatoms. The van der Waals surface area contributed by atoms with Gasteiger partial charge in [0.1, 0.15) is 12.1 Å². The molecule has 2 aromatic carbocycles. The average molecular weight is 695 g/mol. The molecule has 7 N–H and O–H groups in total. The van der Waals surface area contributed by atoms with E-state index in [1.165, 1.54) is 53.2 Å². The van der Waals surface area contributed by atoms with Crippen molar-refractivity contribution in [1.82, 2.24) is 31.4 Å². The number of aliphatic hydroxyl groups excluding tert-OH is 1. The van der Waals surface area contributed by atoms with Gasteiger partial charge in [-0.25, -0.2) is 14.6 Å². The van der Waals surface area contributed by atoms with Crippen LogP contribution >= 0.6 is 0 Å². The number of benzene rings is 2. The van der Waals surface area contributed by atoms with Crippen LogP contribution in [0.2, 0.25) is 0 Å². The van der Waals surface area contributed by atoms with E-state index in [4.69, 9.17) is 24.7 Å². The topological polar surface area (TPSA) is 193 Å². The van der Waals surface area contributed by atoms with Crippen LogP contribution in [0.4, 0.5) is 9.59 Å². The SMILES string of the molecule is [2H]C([2H])([2H])C([C@H](NC(=O)O)C(=O)N[C@@H](Cc1ccccc1)[C@@H](O)CN(Cc1ccc(-c2ccccn2)cc1)NC(=O)[C@@H](NC(=O)O)C(C([2H])([2H])[2H])(C([2H])([2H])[2H])C([2H])([2H])[2H])(C([2H])([2H])[2H])C([2H])([2H])[2H]. The fraction of sp³-hybridized carbons (Fsp3) is 0.417. The van der Waals surface area contributed by atoms with Crippen LogP contribution in [0.5, 0.6) is 0 Å². The van der Waals surface area contributed by atoms with E-state index in [0.717, 1.165) is 5.01 Å². The van der Waals surface area contributed by atoms with E-state index in [9.17, 15) is 34.5 Å². The van der Waals surface area contributed by atoms with Crippen molar-refractivity contribution in [2.75, 3.05) is 6.54 Å². The molecule has 3 aromatic rings. The third-order valence-corrected chi connectivity index (χ3v) is 6.98. The number of aliphatic hydroxyl groups is 1. The van der Waals surface area contributed by atoms with Gasteiger partial charge in [0.25, 0.3) is 5.91 Å². The average Bonchev–Trinajstić information content (AvgIpc) is 3.14. The van der Waals surface area contributed by atoms with Crippen LogP contribution in [-0.4, -0.2) is 80.1 Å². The fourth-order valence-corrected chi connectivity index (χ4v) is 4.66. The molecule has 4 amide bonds. The highest BCUT2D eigenvalue weighted by Gasteiger charge is 2.37. The number of pyridine rings is 1. The first-order valence-corrected chi connectivity index (χ1v) is 14.5. The largest absolute Gasteiger partial charge is 0.465 e. The standard InChI is InChI=1S/C36H48N6O7/c1-35(2,3)29(39-33(46)47)31(44)38-27(20-23-12-8-7-9-13-23)28(43)22-42(41-32(45)30(36(4,5)6)40-34(48)49)21-24-15-17-25(18-16-24)26-14-10-11-19-37-26/h7-19,27-30,39-40,43H,20-22H2,1-6H3,(H,38,44)(H,41,45)(H,46,47)(H,48,49)/t27-,28-,29+,30+/m0/s1/i1D3,2D3,3D3,4D3,5D3,6D3. The number of hydrogen-bond acceptors (Lipinski definition) is 7. The van der Waals surface area contributed by atoms with Gasteiger partial charge in [-0.2, -0.15) is 0 Å². The number of aromatic nitrogens is 1. The van der Waals surface area contributed by atoms with Gasteiger partial charge >= 0.3 is 12.2 Å². The maximum Gasteiger partial charge on any atom is 0.405 e. The van der Waals surface area contributed by atoms with Crippen molar-refractivity contribution in [2.24, 2.45) is 10.8 Å². The molecule has 1 aromatic heterocycles. The molecule has 0 saturated carbocycles. The van der Waals surface area contributed by atoms with E-state index in [0.29, 0.717) is 11.3 Å². The summed E-state index contributed by atoms with van der Waals surface area (Å²) in [6, 6.07) is 10.5. The first kappa shape index (κ1) is 19.9. The molecule has 0 fully saturated rings. The lowest BCUT2D eigenvalue weighted by atomic mass is 9.85. The fourth-order valence-electron chi connectivity index (χ4n) is 4.66. The van der Waals surface area contributed by atoms with Crippen molar-refractivity contribution in [2.45, 2.75) is 78.3 Å². The van der Waals surface area contributed by atoms with Crippen LogP contribution in [0.15, 0.2) is 79.0 Å². The van der Waals surface area contributed by atoms with Gasteiger partial charge in [-0.1, -0.05) is 102 Å². The van der Waals surface area contributed by atoms with Crippen molar-refractivity contribution in [3.8, 4) is 11.3 Å². The molecule has 0 bridgehead atoms. The summed E-state index contributed by atoms with van der Waals surface area (Å²) in [6.45, 7) is -26.3. The number of hydrazine groups is 1. The highest BCUT2D eigenvalue weighted by atomic mass is 16.4. The Morgan fingerprint density at radius 3 is 1.86 bits per heavy atom. The highest BCUT2D eigenvalue weighted by Crippen LogP contribution is 2.22. The zero-order valence-electron chi connectivity index (χ0n) is 43.8. The van der Waals surface area contributed by atoms with Gasteiger partial charge in [0, 0.05) is 49.5 Å². The first-order chi connectivity index (χ1) is 30.4. The Morgan fingerprint density at radius 2 is 1.33 bits per heavy atom. The van der Waals surface area contributed by atoms with E-state index < -0.39 is 120 Å². The lowest BCUT2D eigenvalue weighted by molar-refractivity contribution is -0.132. The summed E-state index contributed by atoms with van der Waals surface area (Å²) in [5, 5.41) is 37.2. The number of carbonyl (C=O) groups excluding carboxylic acids is 2. The Kier molecular flexibility index (Phi) is 6.84. The van der Waals surface area contributed by atoms with Crippen LogP contribution in [0.3, 0.4) is 0 Å². The van der Waals surface area contributed by atoms with E-state index in [1.807, 2.05) is 0 Å². The number of nitrogens with zero attached hydrogens (tertiary/aromatic N) is 2. The van der Waals surface area contributed by atoms with Crippen LogP contribution < -0.4 is 21.4 Å². The summed E-state index contributed by atoms with van der Waals surface area (Å²) >= 11 is 0. The lowest BCUT2D eigenvalue weighted by Crippen LogP contribution is -2.60. The molecule has 264 valence electrons. The molecule has 4 atom stereocenters. The summed E-state index contributed by atoms with van der Waals surface area (Å²) in [7, 11) is 0. The van der Waals surface area contributed by atoms with E-state index in [1.54, 1.807) is 36.4 Å². The first-order valence-electron chi connectivity index (χ1n) is 23.5. The Hall–Kier alpha value is -5.01. The predicted molar refractivity (Wildman–Crippen MR) is 185 cm³/mol. The summed E-state index contributed by atoms with van der Waals surface area (Å²) in [6.07, 6.45) is -5.54. The van der Waals surface area contributed by atoms with Gasteiger partial charge in [0.15, 0.2) is 0 Å². The van der Waals surface area contributed by atoms with Crippen molar-refractivity contribution in [1.29, 1.82) is 0 Å². The van der Waals surface area contributed by atoms with Crippen LogP contribution in [0.1, 0.15) is 76.9 Å². The molecule has 13 nitrogen and oxygen atoms in total. The van der Waals surface area contributed by atoms with Crippen molar-refractivity contribution in [3.63, 3.8) is 0 Å². The van der Waals surface area contributed by atoms with Gasteiger partial charge in [0.05, 0.1) is 17.8 Å². The second kappa shape index (κ2) is 16.9. The van der Waals surface area contributed by atoms with Crippen LogP contribution in [-0.2, 0) is 22.6 Å². The smallest absolute Gasteiger partial charge is 0.405 e. The van der Waals surface area contributed by atoms with Crippen LogP contribution in [0.25, 0.3) is 11.3 Å². The zero-order chi connectivity index (χ0) is 51.4. The Balaban J connectivity index is 2.28. The van der Waals surface area contributed by atoms with Crippen LogP contribution in [0, 0.1) is 10.8 Å². The van der Waals surface area contributed by atoms with Gasteiger partial charge in [0.2, 0.25) is 5.91 Å². The van der Waals surface area contributed by atoms with Crippen molar-refractivity contribution >= 4 is 24.0 Å². The maximum atomic E-state index is 14.3. The zero-order valence-corrected chi connectivity index (χ0v) is 25.8. The number of nitrogens with one attached hydrogen (secondary N) is 4. The maximum absolute atomic E-state index is 14.3. The molecule has 0 spiro atoms. The lowest BCUT2D eigenvalue weighted by Gasteiger charge is -2.35. The number of carboxylic acid groups (broad SMARTS) is 2. The molecule has 49 heavy (non-hydrogen) atoms. The summed E-state index contributed by atoms with van der Waals surface area (Å²) < 4.78 is 146. The predicted octanol–water partition coefficient (Wildman–Crippen LogP) is 4.03. The Labute approximate surface area is 312 Å². The minimum Gasteiger partial charge on any atom is -0.465 e. The molecule has 0 aliphatic rings. The van der Waals surface area contributed by atoms with Crippen molar-refractivity contribution < 1.29 is 59.2 Å². The monoisotopic (exact) mass is 694 g/mol. The molecule has 3 rings (SSSR count). The molecule has 0 aliphatic carbocycles. The minimum atomic E-state index is -4.14. The third kappa shape index (κ3) is 12.2. The number of amides is 4. The number of rotatable bonds is 14.